The number of carbonyl (C=O) groups excluding carboxylic acids is 1. The minimum Gasteiger partial charge on any atom is -0.367 e. The molecule has 0 aliphatic carbocycles. The number of nitrogens with one attached hydrogen (secondary N) is 2. The first kappa shape index (κ1) is 20.4. The van der Waals surface area contributed by atoms with Crippen molar-refractivity contribution in [2.24, 2.45) is 0 Å². The number of carbonyl (C=O) groups is 1. The highest BCUT2D eigenvalue weighted by Gasteiger charge is 2.08. The SMILES string of the molecule is C=C(C)/C=C\C(=C/N/C=C\C)C(=O)NCc1ccc(S(C)(=O)=O)cc1. The smallest absolute Gasteiger partial charge is 0.253 e. The first-order valence-electron chi connectivity index (χ1n) is 7.72. The molecule has 6 heteroatoms. The van der Waals surface area contributed by atoms with Gasteiger partial charge in [-0.2, -0.15) is 0 Å². The predicted molar refractivity (Wildman–Crippen MR) is 101 cm³/mol. The lowest BCUT2D eigenvalue weighted by Crippen LogP contribution is -2.24. The summed E-state index contributed by atoms with van der Waals surface area (Å²) in [5, 5.41) is 5.72. The molecule has 0 unspecified atom stereocenters. The number of sulfone groups is 1. The number of hydrogen-bond donors (Lipinski definition) is 2. The van der Waals surface area contributed by atoms with Crippen molar-refractivity contribution in [3.63, 3.8) is 0 Å². The number of hydrogen-bond acceptors (Lipinski definition) is 4. The van der Waals surface area contributed by atoms with E-state index in [2.05, 4.69) is 17.2 Å². The topological polar surface area (TPSA) is 75.3 Å². The highest BCUT2D eigenvalue weighted by atomic mass is 32.2. The summed E-state index contributed by atoms with van der Waals surface area (Å²) in [6.07, 6.45) is 9.72. The molecule has 0 aliphatic heterocycles. The van der Waals surface area contributed by atoms with E-state index >= 15 is 0 Å². The summed E-state index contributed by atoms with van der Waals surface area (Å²) in [5.41, 5.74) is 2.10. The molecule has 0 atom stereocenters. The highest BCUT2D eigenvalue weighted by molar-refractivity contribution is 7.90. The van der Waals surface area contributed by atoms with E-state index in [1.807, 2.05) is 19.9 Å². The Hall–Kier alpha value is -2.60. The third kappa shape index (κ3) is 7.67. The van der Waals surface area contributed by atoms with Crippen molar-refractivity contribution in [2.75, 3.05) is 6.26 Å². The van der Waals surface area contributed by atoms with Gasteiger partial charge in [-0.25, -0.2) is 8.42 Å². The van der Waals surface area contributed by atoms with Gasteiger partial charge in [-0.05, 0) is 43.8 Å². The Kier molecular flexibility index (Phi) is 7.88. The van der Waals surface area contributed by atoms with Gasteiger partial charge in [-0.15, -0.1) is 0 Å². The number of allylic oxidation sites excluding steroid dienone is 3. The Labute approximate surface area is 149 Å². The molecule has 0 saturated carbocycles. The van der Waals surface area contributed by atoms with Gasteiger partial charge in [0.15, 0.2) is 9.84 Å². The van der Waals surface area contributed by atoms with E-state index in [1.165, 1.54) is 12.1 Å². The molecular formula is C19H24N2O3S. The van der Waals surface area contributed by atoms with E-state index in [9.17, 15) is 13.2 Å². The first-order valence-corrected chi connectivity index (χ1v) is 9.61. The van der Waals surface area contributed by atoms with Gasteiger partial charge in [-0.1, -0.05) is 36.4 Å². The van der Waals surface area contributed by atoms with Crippen LogP contribution in [0, 0.1) is 0 Å². The van der Waals surface area contributed by atoms with Crippen molar-refractivity contribution in [2.45, 2.75) is 25.3 Å². The van der Waals surface area contributed by atoms with E-state index in [1.54, 1.807) is 36.7 Å². The van der Waals surface area contributed by atoms with Crippen molar-refractivity contribution in [1.82, 2.24) is 10.6 Å². The molecule has 1 rings (SSSR count). The Bertz CT molecular complexity index is 802. The monoisotopic (exact) mass is 360 g/mol. The van der Waals surface area contributed by atoms with Gasteiger partial charge in [-0.3, -0.25) is 4.79 Å². The van der Waals surface area contributed by atoms with Crippen LogP contribution in [0.3, 0.4) is 0 Å². The maximum atomic E-state index is 12.3. The summed E-state index contributed by atoms with van der Waals surface area (Å²) in [4.78, 5) is 12.6. The van der Waals surface area contributed by atoms with Crippen molar-refractivity contribution in [1.29, 1.82) is 0 Å². The molecule has 0 radical (unpaired) electrons. The normalized spacial score (nSPS) is 12.5. The Balaban J connectivity index is 2.79. The van der Waals surface area contributed by atoms with Gasteiger partial charge >= 0.3 is 0 Å². The van der Waals surface area contributed by atoms with Crippen molar-refractivity contribution < 1.29 is 13.2 Å². The second-order valence-corrected chi connectivity index (χ2v) is 7.56. The van der Waals surface area contributed by atoms with Crippen molar-refractivity contribution in [3.8, 4) is 0 Å². The molecule has 0 bridgehead atoms. The van der Waals surface area contributed by atoms with Crippen LogP contribution < -0.4 is 10.6 Å². The fourth-order valence-corrected chi connectivity index (χ4v) is 2.42. The molecule has 0 fully saturated rings. The minimum absolute atomic E-state index is 0.248. The molecule has 0 saturated heterocycles. The van der Waals surface area contributed by atoms with Crippen LogP contribution in [-0.4, -0.2) is 20.6 Å². The fraction of sp³-hybridized carbons (Fsp3) is 0.211. The van der Waals surface area contributed by atoms with Crippen molar-refractivity contribution in [3.05, 3.63) is 78.2 Å². The number of rotatable bonds is 8. The van der Waals surface area contributed by atoms with E-state index in [0.29, 0.717) is 12.1 Å². The van der Waals surface area contributed by atoms with Crippen LogP contribution in [0.1, 0.15) is 19.4 Å². The molecule has 1 amide bonds. The van der Waals surface area contributed by atoms with Gasteiger partial charge in [0.1, 0.15) is 0 Å². The molecule has 0 aliphatic rings. The van der Waals surface area contributed by atoms with E-state index in [0.717, 1.165) is 17.4 Å². The second kappa shape index (κ2) is 9.64. The molecule has 25 heavy (non-hydrogen) atoms. The lowest BCUT2D eigenvalue weighted by atomic mass is 10.2. The third-order valence-electron chi connectivity index (χ3n) is 3.12. The minimum atomic E-state index is -3.22. The van der Waals surface area contributed by atoms with Crippen LogP contribution in [0.25, 0.3) is 0 Å². The lowest BCUT2D eigenvalue weighted by Gasteiger charge is -2.07. The molecule has 0 aromatic heterocycles. The maximum absolute atomic E-state index is 12.3. The second-order valence-electron chi connectivity index (χ2n) is 5.54. The van der Waals surface area contributed by atoms with Crippen LogP contribution in [-0.2, 0) is 21.2 Å². The molecule has 134 valence electrons. The van der Waals surface area contributed by atoms with Gasteiger partial charge in [0, 0.05) is 19.0 Å². The molecule has 0 spiro atoms. The quantitative estimate of drug-likeness (QED) is 0.552. The zero-order valence-corrected chi connectivity index (χ0v) is 15.6. The summed E-state index contributed by atoms with van der Waals surface area (Å²) in [7, 11) is -3.22. The molecular weight excluding hydrogens is 336 g/mol. The van der Waals surface area contributed by atoms with E-state index < -0.39 is 9.84 Å². The summed E-state index contributed by atoms with van der Waals surface area (Å²) in [6.45, 7) is 7.78. The largest absolute Gasteiger partial charge is 0.367 e. The summed E-state index contributed by atoms with van der Waals surface area (Å²) in [6, 6.07) is 6.42. The van der Waals surface area contributed by atoms with Crippen LogP contribution in [0.4, 0.5) is 0 Å². The third-order valence-corrected chi connectivity index (χ3v) is 4.24. The van der Waals surface area contributed by atoms with Crippen LogP contribution >= 0.6 is 0 Å². The molecule has 1 aromatic rings. The first-order chi connectivity index (χ1) is 11.7. The number of amides is 1. The van der Waals surface area contributed by atoms with Crippen molar-refractivity contribution >= 4 is 15.7 Å². The summed E-state index contributed by atoms with van der Waals surface area (Å²) in [5.74, 6) is -0.248. The van der Waals surface area contributed by atoms with E-state index in [4.69, 9.17) is 0 Å². The zero-order valence-electron chi connectivity index (χ0n) is 14.7. The maximum Gasteiger partial charge on any atom is 0.253 e. The number of benzene rings is 1. The zero-order chi connectivity index (χ0) is 18.9. The van der Waals surface area contributed by atoms with Gasteiger partial charge < -0.3 is 10.6 Å². The van der Waals surface area contributed by atoms with Crippen LogP contribution in [0.5, 0.6) is 0 Å². The Morgan fingerprint density at radius 3 is 2.36 bits per heavy atom. The lowest BCUT2D eigenvalue weighted by molar-refractivity contribution is -0.117. The van der Waals surface area contributed by atoms with Gasteiger partial charge in [0.2, 0.25) is 0 Å². The van der Waals surface area contributed by atoms with Crippen LogP contribution in [0.15, 0.2) is 77.5 Å². The average molecular weight is 360 g/mol. The molecule has 2 N–H and O–H groups in total. The standard InChI is InChI=1S/C19H24N2O3S/c1-5-12-20-14-17(9-6-15(2)3)19(22)21-13-16-7-10-18(11-8-16)25(4,23)24/h5-12,14,20H,2,13H2,1,3-4H3,(H,21,22)/b9-6-,12-5-,17-14+. The average Bonchev–Trinajstić information content (AvgIpc) is 2.55. The fourth-order valence-electron chi connectivity index (χ4n) is 1.79. The Morgan fingerprint density at radius 1 is 1.20 bits per heavy atom. The highest BCUT2D eigenvalue weighted by Crippen LogP contribution is 2.10. The van der Waals surface area contributed by atoms with E-state index in [-0.39, 0.29) is 10.8 Å². The Morgan fingerprint density at radius 2 is 1.84 bits per heavy atom. The molecule has 5 nitrogen and oxygen atoms in total. The summed E-state index contributed by atoms with van der Waals surface area (Å²) >= 11 is 0. The van der Waals surface area contributed by atoms with Gasteiger partial charge in [0.25, 0.3) is 5.91 Å². The molecule has 1 aromatic carbocycles. The summed E-state index contributed by atoms with van der Waals surface area (Å²) < 4.78 is 22.9. The predicted octanol–water partition coefficient (Wildman–Crippen LogP) is 2.85. The van der Waals surface area contributed by atoms with Crippen LogP contribution in [0.2, 0.25) is 0 Å². The van der Waals surface area contributed by atoms with Gasteiger partial charge in [0.05, 0.1) is 10.5 Å². The molecule has 0 heterocycles.